The molecule has 0 bridgehead atoms. The Morgan fingerprint density at radius 2 is 2.04 bits per heavy atom. The summed E-state index contributed by atoms with van der Waals surface area (Å²) in [5.74, 6) is 2.13. The van der Waals surface area contributed by atoms with Gasteiger partial charge in [-0.05, 0) is 49.4 Å². The predicted octanol–water partition coefficient (Wildman–Crippen LogP) is 2.82. The van der Waals surface area contributed by atoms with Crippen LogP contribution in [0, 0.1) is 11.8 Å². The second-order valence-corrected chi connectivity index (χ2v) is 8.09. The van der Waals surface area contributed by atoms with Crippen LogP contribution in [0.5, 0.6) is 0 Å². The van der Waals surface area contributed by atoms with E-state index in [1.807, 2.05) is 22.9 Å². The van der Waals surface area contributed by atoms with Crippen LogP contribution in [0.3, 0.4) is 0 Å². The number of imidazole rings is 1. The van der Waals surface area contributed by atoms with E-state index in [0.29, 0.717) is 25.0 Å². The van der Waals surface area contributed by atoms with Gasteiger partial charge < -0.3 is 10.6 Å². The maximum absolute atomic E-state index is 12.3. The molecule has 7 nitrogen and oxygen atoms in total. The highest BCUT2D eigenvalue weighted by molar-refractivity contribution is 5.73. The van der Waals surface area contributed by atoms with Crippen molar-refractivity contribution in [1.29, 1.82) is 0 Å². The Kier molecular flexibility index (Phi) is 7.03. The molecule has 0 radical (unpaired) electrons. The molecule has 1 saturated heterocycles. The molecule has 2 aromatic heterocycles. The zero-order valence-corrected chi connectivity index (χ0v) is 17.1. The first-order valence-electron chi connectivity index (χ1n) is 10.2. The lowest BCUT2D eigenvalue weighted by molar-refractivity contribution is 0.108. The molecular weight excluding hydrogens is 352 g/mol. The number of pyridine rings is 1. The molecule has 1 atom stereocenters. The van der Waals surface area contributed by atoms with Gasteiger partial charge in [-0.2, -0.15) is 0 Å². The van der Waals surface area contributed by atoms with E-state index in [0.717, 1.165) is 30.4 Å². The van der Waals surface area contributed by atoms with Gasteiger partial charge in [-0.3, -0.25) is 9.47 Å². The van der Waals surface area contributed by atoms with Crippen molar-refractivity contribution in [2.24, 2.45) is 11.8 Å². The standard InChI is InChI=1S/C21H32N6O/c1-16(2)19(26-9-6-17(3)7-10-26)14-25-21(28)24-13-18-4-5-20(23-12-18)27-11-8-22-15-27/h4-5,8,11-12,15-17,19H,6-7,9-10,13-14H2,1-3H3,(H2,24,25,28). The van der Waals surface area contributed by atoms with Gasteiger partial charge in [0, 0.05) is 37.7 Å². The number of piperidine rings is 1. The van der Waals surface area contributed by atoms with Gasteiger partial charge in [0.25, 0.3) is 0 Å². The zero-order chi connectivity index (χ0) is 19.9. The molecule has 2 aromatic rings. The Bertz CT molecular complexity index is 720. The minimum atomic E-state index is -0.130. The zero-order valence-electron chi connectivity index (χ0n) is 17.1. The van der Waals surface area contributed by atoms with E-state index < -0.39 is 0 Å². The van der Waals surface area contributed by atoms with Crippen LogP contribution in [0.25, 0.3) is 5.82 Å². The van der Waals surface area contributed by atoms with Gasteiger partial charge in [0.15, 0.2) is 0 Å². The van der Waals surface area contributed by atoms with E-state index in [1.165, 1.54) is 12.8 Å². The monoisotopic (exact) mass is 384 g/mol. The lowest BCUT2D eigenvalue weighted by atomic mass is 9.94. The van der Waals surface area contributed by atoms with Crippen molar-refractivity contribution in [2.45, 2.75) is 46.2 Å². The van der Waals surface area contributed by atoms with E-state index in [9.17, 15) is 4.79 Å². The lowest BCUT2D eigenvalue weighted by Gasteiger charge is -2.38. The molecular formula is C21H32N6O. The van der Waals surface area contributed by atoms with Gasteiger partial charge in [-0.15, -0.1) is 0 Å². The second-order valence-electron chi connectivity index (χ2n) is 8.09. The van der Waals surface area contributed by atoms with Crippen LogP contribution in [-0.4, -0.2) is 51.1 Å². The molecule has 0 saturated carbocycles. The minimum absolute atomic E-state index is 0.130. The number of carbonyl (C=O) groups excluding carboxylic acids is 1. The number of carbonyl (C=O) groups is 1. The molecule has 3 heterocycles. The molecule has 28 heavy (non-hydrogen) atoms. The average Bonchev–Trinajstić information content (AvgIpc) is 3.23. The van der Waals surface area contributed by atoms with Crippen LogP contribution in [0.1, 0.15) is 39.2 Å². The summed E-state index contributed by atoms with van der Waals surface area (Å²) in [5.41, 5.74) is 0.962. The highest BCUT2D eigenvalue weighted by Crippen LogP contribution is 2.21. The average molecular weight is 385 g/mol. The van der Waals surface area contributed by atoms with Crippen LogP contribution >= 0.6 is 0 Å². The van der Waals surface area contributed by atoms with E-state index in [-0.39, 0.29) is 6.03 Å². The summed E-state index contributed by atoms with van der Waals surface area (Å²) < 4.78 is 1.84. The third kappa shape index (κ3) is 5.55. The van der Waals surface area contributed by atoms with E-state index >= 15 is 0 Å². The number of hydrogen-bond donors (Lipinski definition) is 2. The molecule has 1 fully saturated rings. The number of amides is 2. The first kappa shape index (κ1) is 20.3. The molecule has 152 valence electrons. The van der Waals surface area contributed by atoms with Gasteiger partial charge in [-0.25, -0.2) is 14.8 Å². The fourth-order valence-corrected chi connectivity index (χ4v) is 3.66. The summed E-state index contributed by atoms with van der Waals surface area (Å²) in [6.45, 7) is 10.2. The van der Waals surface area contributed by atoms with Gasteiger partial charge in [0.2, 0.25) is 0 Å². The molecule has 7 heteroatoms. The van der Waals surface area contributed by atoms with Crippen LogP contribution in [0.4, 0.5) is 4.79 Å². The molecule has 1 unspecified atom stereocenters. The predicted molar refractivity (Wildman–Crippen MR) is 110 cm³/mol. The van der Waals surface area contributed by atoms with E-state index in [4.69, 9.17) is 0 Å². The number of rotatable bonds is 7. The van der Waals surface area contributed by atoms with E-state index in [1.54, 1.807) is 18.7 Å². The third-order valence-electron chi connectivity index (χ3n) is 5.56. The summed E-state index contributed by atoms with van der Waals surface area (Å²) in [6, 6.07) is 4.14. The van der Waals surface area contributed by atoms with Crippen LogP contribution in [0.15, 0.2) is 37.1 Å². The van der Waals surface area contributed by atoms with Crippen molar-refractivity contribution < 1.29 is 4.79 Å². The number of nitrogens with zero attached hydrogens (tertiary/aromatic N) is 4. The minimum Gasteiger partial charge on any atom is -0.337 e. The Hall–Kier alpha value is -2.41. The molecule has 2 N–H and O–H groups in total. The third-order valence-corrected chi connectivity index (χ3v) is 5.56. The molecule has 1 aliphatic heterocycles. The van der Waals surface area contributed by atoms with Crippen LogP contribution in [-0.2, 0) is 6.54 Å². The Morgan fingerprint density at radius 3 is 2.64 bits per heavy atom. The van der Waals surface area contributed by atoms with Gasteiger partial charge in [0.1, 0.15) is 12.1 Å². The van der Waals surface area contributed by atoms with Crippen molar-refractivity contribution in [3.8, 4) is 5.82 Å². The Balaban J connectivity index is 1.44. The summed E-state index contributed by atoms with van der Waals surface area (Å²) in [4.78, 5) is 23.2. The SMILES string of the molecule is CC1CCN(C(CNC(=O)NCc2ccc(-n3ccnc3)nc2)C(C)C)CC1. The first-order chi connectivity index (χ1) is 13.5. The number of aromatic nitrogens is 3. The maximum atomic E-state index is 12.3. The lowest BCUT2D eigenvalue weighted by Crippen LogP contribution is -2.51. The van der Waals surface area contributed by atoms with Crippen molar-refractivity contribution in [3.63, 3.8) is 0 Å². The fraction of sp³-hybridized carbons (Fsp3) is 0.571. The van der Waals surface area contributed by atoms with Crippen LogP contribution < -0.4 is 10.6 Å². The highest BCUT2D eigenvalue weighted by Gasteiger charge is 2.25. The fourth-order valence-electron chi connectivity index (χ4n) is 3.66. The van der Waals surface area contributed by atoms with Crippen molar-refractivity contribution in [1.82, 2.24) is 30.1 Å². The number of hydrogen-bond acceptors (Lipinski definition) is 4. The molecule has 0 spiro atoms. The molecule has 1 aliphatic rings. The number of likely N-dealkylation sites (tertiary alicyclic amines) is 1. The molecule has 3 rings (SSSR count). The highest BCUT2D eigenvalue weighted by atomic mass is 16.2. The summed E-state index contributed by atoms with van der Waals surface area (Å²) >= 11 is 0. The largest absolute Gasteiger partial charge is 0.337 e. The summed E-state index contributed by atoms with van der Waals surface area (Å²) in [5, 5.41) is 5.98. The van der Waals surface area contributed by atoms with Crippen molar-refractivity contribution in [2.75, 3.05) is 19.6 Å². The van der Waals surface area contributed by atoms with E-state index in [2.05, 4.69) is 46.3 Å². The smallest absolute Gasteiger partial charge is 0.315 e. The number of urea groups is 1. The van der Waals surface area contributed by atoms with Gasteiger partial charge in [0.05, 0.1) is 0 Å². The topological polar surface area (TPSA) is 75.1 Å². The maximum Gasteiger partial charge on any atom is 0.315 e. The molecule has 0 aromatic carbocycles. The molecule has 2 amide bonds. The first-order valence-corrected chi connectivity index (χ1v) is 10.2. The summed E-state index contributed by atoms with van der Waals surface area (Å²) in [7, 11) is 0. The quantitative estimate of drug-likeness (QED) is 0.770. The number of nitrogens with one attached hydrogen (secondary N) is 2. The Labute approximate surface area is 167 Å². The van der Waals surface area contributed by atoms with Gasteiger partial charge >= 0.3 is 6.03 Å². The van der Waals surface area contributed by atoms with Crippen molar-refractivity contribution >= 4 is 6.03 Å². The second kappa shape index (κ2) is 9.68. The summed E-state index contributed by atoms with van der Waals surface area (Å²) in [6.07, 6.45) is 9.55. The van der Waals surface area contributed by atoms with Crippen molar-refractivity contribution in [3.05, 3.63) is 42.6 Å². The Morgan fingerprint density at radius 1 is 1.25 bits per heavy atom. The van der Waals surface area contributed by atoms with Gasteiger partial charge in [-0.1, -0.05) is 26.8 Å². The van der Waals surface area contributed by atoms with Crippen LogP contribution in [0.2, 0.25) is 0 Å². The molecule has 0 aliphatic carbocycles. The normalized spacial score (nSPS) is 16.9.